The maximum absolute atomic E-state index is 14.9. The van der Waals surface area contributed by atoms with Gasteiger partial charge >= 0.3 is 0 Å². The highest BCUT2D eigenvalue weighted by Gasteiger charge is 2.24. The van der Waals surface area contributed by atoms with E-state index in [4.69, 9.17) is 14.2 Å². The van der Waals surface area contributed by atoms with Crippen molar-refractivity contribution >= 4 is 9.84 Å². The molecule has 0 aliphatic carbocycles. The number of aryl methyl sites for hydroxylation is 2. The molecule has 0 N–H and O–H groups in total. The molecule has 5 aromatic rings. The summed E-state index contributed by atoms with van der Waals surface area (Å²) in [6.07, 6.45) is 3.05. The third-order valence-corrected chi connectivity index (χ3v) is 9.06. The topological polar surface area (TPSA) is 115 Å². The first kappa shape index (κ1) is 30.2. The van der Waals surface area contributed by atoms with Crippen LogP contribution in [0.25, 0.3) is 11.3 Å². The fourth-order valence-electron chi connectivity index (χ4n) is 5.12. The molecule has 232 valence electrons. The highest BCUT2D eigenvalue weighted by Crippen LogP contribution is 2.33. The average molecular weight is 631 g/mol. The lowest BCUT2D eigenvalue weighted by Crippen LogP contribution is -2.23. The quantitative estimate of drug-likeness (QED) is 0.188. The van der Waals surface area contributed by atoms with E-state index in [1.54, 1.807) is 31.2 Å². The van der Waals surface area contributed by atoms with Crippen molar-refractivity contribution in [2.45, 2.75) is 37.8 Å². The fraction of sp³-hybridized carbons (Fsp3) is 0.242. The van der Waals surface area contributed by atoms with E-state index >= 15 is 0 Å². The predicted molar refractivity (Wildman–Crippen MR) is 164 cm³/mol. The molecule has 12 heteroatoms. The Bertz CT molecular complexity index is 2010. The normalized spacial score (nSPS) is 13.2. The Hall–Kier alpha value is -4.81. The molecule has 1 unspecified atom stereocenters. The van der Waals surface area contributed by atoms with Gasteiger partial charge in [-0.15, -0.1) is 0 Å². The Kier molecular flexibility index (Phi) is 8.50. The molecule has 0 fully saturated rings. The van der Waals surface area contributed by atoms with Crippen LogP contribution >= 0.6 is 0 Å². The van der Waals surface area contributed by atoms with Crippen LogP contribution in [0.1, 0.15) is 35.0 Å². The zero-order valence-corrected chi connectivity index (χ0v) is 25.5. The lowest BCUT2D eigenvalue weighted by Gasteiger charge is -2.19. The first-order valence-corrected chi connectivity index (χ1v) is 16.0. The number of sulfone groups is 1. The number of rotatable bonds is 11. The van der Waals surface area contributed by atoms with Gasteiger partial charge < -0.3 is 23.3 Å². The van der Waals surface area contributed by atoms with Crippen molar-refractivity contribution in [1.29, 1.82) is 0 Å². The lowest BCUT2D eigenvalue weighted by atomic mass is 10.1. The largest absolute Gasteiger partial charge is 0.454 e. The zero-order valence-electron chi connectivity index (χ0n) is 24.7. The summed E-state index contributed by atoms with van der Waals surface area (Å²) in [7, 11) is -2.06. The van der Waals surface area contributed by atoms with Crippen LogP contribution in [0.2, 0.25) is 0 Å². The maximum Gasteiger partial charge on any atom is 0.286 e. The van der Waals surface area contributed by atoms with Crippen molar-refractivity contribution in [2.24, 2.45) is 7.05 Å². The number of fused-ring (bicyclic) bond motifs is 1. The first-order chi connectivity index (χ1) is 21.7. The van der Waals surface area contributed by atoms with E-state index in [0.717, 1.165) is 17.3 Å². The average Bonchev–Trinajstić information content (AvgIpc) is 3.67. The van der Waals surface area contributed by atoms with Crippen LogP contribution in [-0.2, 0) is 34.8 Å². The zero-order chi connectivity index (χ0) is 31.6. The summed E-state index contributed by atoms with van der Waals surface area (Å²) in [5.74, 6) is -0.136. The SMILES string of the molecule is Cc1cc(-c2cc(F)c(=O)n(Cc3ccc4c(c3)OCO4)c2)nc(S(=O)(=O)CCC(OCc2cccn2C)c2ccccc2)n1. The van der Waals surface area contributed by atoms with Gasteiger partial charge in [-0.1, -0.05) is 36.4 Å². The minimum Gasteiger partial charge on any atom is -0.454 e. The second-order valence-corrected chi connectivity index (χ2v) is 12.8. The van der Waals surface area contributed by atoms with Gasteiger partial charge in [0.2, 0.25) is 21.8 Å². The molecule has 0 saturated heterocycles. The summed E-state index contributed by atoms with van der Waals surface area (Å²) >= 11 is 0. The Balaban J connectivity index is 1.24. The molecule has 0 bridgehead atoms. The second-order valence-electron chi connectivity index (χ2n) is 10.8. The van der Waals surface area contributed by atoms with E-state index in [0.29, 0.717) is 29.4 Å². The van der Waals surface area contributed by atoms with E-state index in [1.165, 1.54) is 10.8 Å². The smallest absolute Gasteiger partial charge is 0.286 e. The van der Waals surface area contributed by atoms with Gasteiger partial charge in [-0.3, -0.25) is 4.79 Å². The van der Waals surface area contributed by atoms with Crippen LogP contribution in [0.5, 0.6) is 11.5 Å². The van der Waals surface area contributed by atoms with Crippen molar-refractivity contribution in [3.8, 4) is 22.8 Å². The molecule has 2 aromatic carbocycles. The highest BCUT2D eigenvalue weighted by atomic mass is 32.2. The monoisotopic (exact) mass is 630 g/mol. The summed E-state index contributed by atoms with van der Waals surface area (Å²) in [5.41, 5.74) is 2.49. The van der Waals surface area contributed by atoms with Gasteiger partial charge in [0, 0.05) is 36.4 Å². The number of hydrogen-bond acceptors (Lipinski definition) is 8. The number of hydrogen-bond donors (Lipinski definition) is 0. The number of aromatic nitrogens is 4. The third-order valence-electron chi connectivity index (χ3n) is 7.54. The Labute approximate surface area is 259 Å². The molecule has 1 aliphatic heterocycles. The van der Waals surface area contributed by atoms with Gasteiger partial charge in [-0.05, 0) is 60.9 Å². The molecule has 4 heterocycles. The van der Waals surface area contributed by atoms with Gasteiger partial charge in [0.15, 0.2) is 17.3 Å². The Morgan fingerprint density at radius 3 is 2.58 bits per heavy atom. The lowest BCUT2D eigenvalue weighted by molar-refractivity contribution is 0.0346. The van der Waals surface area contributed by atoms with Gasteiger partial charge in [0.25, 0.3) is 5.56 Å². The van der Waals surface area contributed by atoms with Gasteiger partial charge in [0.05, 0.1) is 30.7 Å². The molecular formula is C33H31FN4O6S. The Morgan fingerprint density at radius 2 is 1.80 bits per heavy atom. The Morgan fingerprint density at radius 1 is 1.00 bits per heavy atom. The number of nitrogens with zero attached hydrogens (tertiary/aromatic N) is 4. The van der Waals surface area contributed by atoms with E-state index in [2.05, 4.69) is 9.97 Å². The van der Waals surface area contributed by atoms with Crippen LogP contribution in [-0.4, -0.2) is 40.1 Å². The van der Waals surface area contributed by atoms with Crippen molar-refractivity contribution in [2.75, 3.05) is 12.5 Å². The van der Waals surface area contributed by atoms with Crippen molar-refractivity contribution in [3.05, 3.63) is 124 Å². The standard InChI is InChI=1S/C33H31FN4O6S/c1-22-15-28(25-17-27(34)32(39)38(19-25)18-23-10-11-30-31(16-23)44-21-43-30)36-33(35-22)45(40,41)14-12-29(24-7-4-3-5-8-24)42-20-26-9-6-13-37(26)2/h3-11,13,15-17,19,29H,12,14,18,20-21H2,1-2H3. The van der Waals surface area contributed by atoms with Crippen LogP contribution in [0.15, 0.2) is 95.1 Å². The molecule has 0 saturated carbocycles. The van der Waals surface area contributed by atoms with E-state index < -0.39 is 27.3 Å². The fourth-order valence-corrected chi connectivity index (χ4v) is 6.35. The number of pyridine rings is 1. The molecule has 1 aliphatic rings. The molecule has 45 heavy (non-hydrogen) atoms. The molecule has 0 spiro atoms. The van der Waals surface area contributed by atoms with Gasteiger partial charge in [0.1, 0.15) is 0 Å². The van der Waals surface area contributed by atoms with Crippen molar-refractivity contribution < 1.29 is 27.0 Å². The summed E-state index contributed by atoms with van der Waals surface area (Å²) in [6.45, 7) is 2.11. The van der Waals surface area contributed by atoms with Crippen LogP contribution in [0, 0.1) is 12.7 Å². The van der Waals surface area contributed by atoms with E-state index in [1.807, 2.05) is 60.3 Å². The van der Waals surface area contributed by atoms with Crippen LogP contribution < -0.4 is 15.0 Å². The molecule has 3 aromatic heterocycles. The molecular weight excluding hydrogens is 599 g/mol. The van der Waals surface area contributed by atoms with E-state index in [9.17, 15) is 17.6 Å². The summed E-state index contributed by atoms with van der Waals surface area (Å²) in [5, 5.41) is -0.374. The molecule has 0 radical (unpaired) electrons. The minimum absolute atomic E-state index is 0.0546. The third kappa shape index (κ3) is 6.81. The van der Waals surface area contributed by atoms with Crippen LogP contribution in [0.3, 0.4) is 0 Å². The van der Waals surface area contributed by atoms with Gasteiger partial charge in [-0.25, -0.2) is 22.8 Å². The van der Waals surface area contributed by atoms with E-state index in [-0.39, 0.29) is 41.9 Å². The maximum atomic E-state index is 14.9. The molecule has 10 nitrogen and oxygen atoms in total. The van der Waals surface area contributed by atoms with Crippen molar-refractivity contribution in [3.63, 3.8) is 0 Å². The second kappa shape index (κ2) is 12.7. The predicted octanol–water partition coefficient (Wildman–Crippen LogP) is 4.99. The van der Waals surface area contributed by atoms with Crippen LogP contribution in [0.4, 0.5) is 4.39 Å². The molecule has 0 amide bonds. The summed E-state index contributed by atoms with van der Waals surface area (Å²) in [4.78, 5) is 21.2. The van der Waals surface area contributed by atoms with Crippen molar-refractivity contribution in [1.82, 2.24) is 19.1 Å². The summed E-state index contributed by atoms with van der Waals surface area (Å²) < 4.78 is 62.2. The summed E-state index contributed by atoms with van der Waals surface area (Å²) in [6, 6.07) is 21.1. The first-order valence-electron chi connectivity index (χ1n) is 14.3. The molecule has 1 atom stereocenters. The number of ether oxygens (including phenoxy) is 3. The minimum atomic E-state index is -3.97. The number of halogens is 1. The highest BCUT2D eigenvalue weighted by molar-refractivity contribution is 7.91. The molecule has 6 rings (SSSR count). The van der Waals surface area contributed by atoms with Gasteiger partial charge in [-0.2, -0.15) is 0 Å². The number of benzene rings is 2.